The summed E-state index contributed by atoms with van der Waals surface area (Å²) >= 11 is 0. The summed E-state index contributed by atoms with van der Waals surface area (Å²) < 4.78 is 5.38. The maximum absolute atomic E-state index is 12.2. The van der Waals surface area contributed by atoms with E-state index in [1.54, 1.807) is 0 Å². The minimum absolute atomic E-state index is 0.0347. The highest BCUT2D eigenvalue weighted by atomic mass is 16.6. The molecule has 0 unspecified atom stereocenters. The Labute approximate surface area is 180 Å². The Morgan fingerprint density at radius 3 is 2.84 bits per heavy atom. The summed E-state index contributed by atoms with van der Waals surface area (Å²) in [6.07, 6.45) is 1.38. The molecule has 4 rings (SSSR count). The van der Waals surface area contributed by atoms with Gasteiger partial charge >= 0.3 is 6.09 Å². The Bertz CT molecular complexity index is 1100. The standard InChI is InChI=1S/C21H28N8O2/c1-21(2,3)31-20(30)24-13-5-4-8-29(11-13)17-10-15(25-19(23)26-17)12-6-7-14-16(9-12)27-28-18(14)22/h6-7,9-10,13H,4-5,8,11H2,1-3H3,(H,24,30)(H3,22,27,28)(H2,23,25,26)/t13-/m1/s1. The Morgan fingerprint density at radius 1 is 1.26 bits per heavy atom. The Hall–Kier alpha value is -3.56. The number of nitrogens with two attached hydrogens (primary N) is 2. The van der Waals surface area contributed by atoms with E-state index in [0.717, 1.165) is 41.7 Å². The van der Waals surface area contributed by atoms with Gasteiger partial charge in [-0.3, -0.25) is 5.10 Å². The molecule has 0 saturated carbocycles. The predicted molar refractivity (Wildman–Crippen MR) is 121 cm³/mol. The van der Waals surface area contributed by atoms with Crippen molar-refractivity contribution in [1.82, 2.24) is 25.5 Å². The summed E-state index contributed by atoms with van der Waals surface area (Å²) in [5.41, 5.74) is 13.8. The van der Waals surface area contributed by atoms with Crippen LogP contribution in [0.1, 0.15) is 33.6 Å². The number of aromatic nitrogens is 4. The maximum Gasteiger partial charge on any atom is 0.407 e. The van der Waals surface area contributed by atoms with Crippen LogP contribution in [-0.2, 0) is 4.74 Å². The van der Waals surface area contributed by atoms with Gasteiger partial charge in [-0.2, -0.15) is 10.1 Å². The highest BCUT2D eigenvalue weighted by Crippen LogP contribution is 2.28. The Balaban J connectivity index is 1.54. The first kappa shape index (κ1) is 20.7. The number of hydrogen-bond acceptors (Lipinski definition) is 8. The lowest BCUT2D eigenvalue weighted by Gasteiger charge is -2.34. The molecule has 10 nitrogen and oxygen atoms in total. The molecule has 0 aliphatic carbocycles. The second-order valence-electron chi connectivity index (χ2n) is 8.77. The van der Waals surface area contributed by atoms with Gasteiger partial charge < -0.3 is 26.4 Å². The summed E-state index contributed by atoms with van der Waals surface area (Å²) in [4.78, 5) is 23.1. The van der Waals surface area contributed by atoms with Crippen molar-refractivity contribution in [2.24, 2.45) is 0 Å². The van der Waals surface area contributed by atoms with Crippen LogP contribution in [-0.4, -0.2) is 51.0 Å². The average molecular weight is 425 g/mol. The van der Waals surface area contributed by atoms with Gasteiger partial charge in [0.15, 0.2) is 5.82 Å². The van der Waals surface area contributed by atoms with Gasteiger partial charge in [0.05, 0.1) is 11.2 Å². The van der Waals surface area contributed by atoms with E-state index in [1.807, 2.05) is 45.0 Å². The molecule has 1 aliphatic heterocycles. The third kappa shape index (κ3) is 4.79. The van der Waals surface area contributed by atoms with Crippen LogP contribution in [0, 0.1) is 0 Å². The van der Waals surface area contributed by atoms with E-state index >= 15 is 0 Å². The molecule has 1 aliphatic rings. The number of amides is 1. The molecular weight excluding hydrogens is 396 g/mol. The van der Waals surface area contributed by atoms with Crippen molar-refractivity contribution in [3.05, 3.63) is 24.3 Å². The maximum atomic E-state index is 12.2. The second kappa shape index (κ2) is 7.93. The lowest BCUT2D eigenvalue weighted by molar-refractivity contribution is 0.0500. The number of alkyl carbamates (subject to hydrolysis) is 1. The number of carbonyl (C=O) groups excluding carboxylic acids is 1. The van der Waals surface area contributed by atoms with E-state index in [4.69, 9.17) is 16.2 Å². The molecule has 6 N–H and O–H groups in total. The number of nitrogen functional groups attached to an aromatic ring is 2. The number of ether oxygens (including phenoxy) is 1. The first-order valence-electron chi connectivity index (χ1n) is 10.3. The van der Waals surface area contributed by atoms with Crippen molar-refractivity contribution in [3.63, 3.8) is 0 Å². The number of anilines is 3. The molecule has 31 heavy (non-hydrogen) atoms. The minimum atomic E-state index is -0.533. The van der Waals surface area contributed by atoms with Crippen LogP contribution in [0.3, 0.4) is 0 Å². The van der Waals surface area contributed by atoms with Crippen LogP contribution in [0.5, 0.6) is 0 Å². The number of piperidine rings is 1. The van der Waals surface area contributed by atoms with Crippen molar-refractivity contribution in [2.45, 2.75) is 45.3 Å². The minimum Gasteiger partial charge on any atom is -0.444 e. The highest BCUT2D eigenvalue weighted by Gasteiger charge is 2.25. The third-order valence-electron chi connectivity index (χ3n) is 5.08. The van der Waals surface area contributed by atoms with Crippen LogP contribution in [0.15, 0.2) is 24.3 Å². The molecular formula is C21H28N8O2. The molecule has 1 aromatic carbocycles. The molecule has 0 radical (unpaired) electrons. The van der Waals surface area contributed by atoms with Crippen LogP contribution < -0.4 is 21.7 Å². The monoisotopic (exact) mass is 424 g/mol. The topological polar surface area (TPSA) is 148 Å². The zero-order valence-corrected chi connectivity index (χ0v) is 18.0. The fraction of sp³-hybridized carbons (Fsp3) is 0.429. The summed E-state index contributed by atoms with van der Waals surface area (Å²) in [5, 5.41) is 10.8. The molecule has 10 heteroatoms. The Morgan fingerprint density at radius 2 is 2.06 bits per heavy atom. The molecule has 1 saturated heterocycles. The summed E-state index contributed by atoms with van der Waals surface area (Å²) in [7, 11) is 0. The van der Waals surface area contributed by atoms with E-state index in [9.17, 15) is 4.79 Å². The van der Waals surface area contributed by atoms with Gasteiger partial charge in [0.1, 0.15) is 11.4 Å². The normalized spacial score (nSPS) is 17.0. The molecule has 1 fully saturated rings. The molecule has 3 heterocycles. The SMILES string of the molecule is CC(C)(C)OC(=O)N[C@@H]1CCCN(c2cc(-c3ccc4c(N)n[nH]c4c3)nc(N)n2)C1. The van der Waals surface area contributed by atoms with Crippen LogP contribution in [0.2, 0.25) is 0 Å². The van der Waals surface area contributed by atoms with E-state index in [2.05, 4.69) is 30.4 Å². The smallest absolute Gasteiger partial charge is 0.407 e. The summed E-state index contributed by atoms with van der Waals surface area (Å²) in [6, 6.07) is 7.65. The van der Waals surface area contributed by atoms with E-state index in [0.29, 0.717) is 18.1 Å². The van der Waals surface area contributed by atoms with Crippen LogP contribution in [0.4, 0.5) is 22.4 Å². The molecule has 164 valence electrons. The first-order valence-corrected chi connectivity index (χ1v) is 10.3. The number of nitrogens with zero attached hydrogens (tertiary/aromatic N) is 4. The third-order valence-corrected chi connectivity index (χ3v) is 5.08. The predicted octanol–water partition coefficient (Wildman–Crippen LogP) is 2.68. The van der Waals surface area contributed by atoms with Crippen LogP contribution in [0.25, 0.3) is 22.2 Å². The van der Waals surface area contributed by atoms with Crippen LogP contribution >= 0.6 is 0 Å². The van der Waals surface area contributed by atoms with Gasteiger partial charge in [0, 0.05) is 36.1 Å². The van der Waals surface area contributed by atoms with E-state index in [-0.39, 0.29) is 12.0 Å². The van der Waals surface area contributed by atoms with Crippen molar-refractivity contribution in [2.75, 3.05) is 29.5 Å². The number of aromatic amines is 1. The van der Waals surface area contributed by atoms with Gasteiger partial charge in [0.25, 0.3) is 0 Å². The molecule has 0 bridgehead atoms. The highest BCUT2D eigenvalue weighted by molar-refractivity contribution is 5.91. The molecule has 2 aromatic heterocycles. The van der Waals surface area contributed by atoms with E-state index in [1.165, 1.54) is 0 Å². The van der Waals surface area contributed by atoms with E-state index < -0.39 is 11.7 Å². The summed E-state index contributed by atoms with van der Waals surface area (Å²) in [6.45, 7) is 6.98. The lowest BCUT2D eigenvalue weighted by Crippen LogP contribution is -2.49. The second-order valence-corrected chi connectivity index (χ2v) is 8.77. The van der Waals surface area contributed by atoms with Gasteiger partial charge in [-0.25, -0.2) is 9.78 Å². The number of rotatable bonds is 3. The number of benzene rings is 1. The van der Waals surface area contributed by atoms with Crippen molar-refractivity contribution in [1.29, 1.82) is 0 Å². The average Bonchev–Trinajstić information content (AvgIpc) is 3.06. The fourth-order valence-corrected chi connectivity index (χ4v) is 3.74. The molecule has 1 amide bonds. The summed E-state index contributed by atoms with van der Waals surface area (Å²) in [5.74, 6) is 1.38. The number of nitrogens with one attached hydrogen (secondary N) is 2. The lowest BCUT2D eigenvalue weighted by atomic mass is 10.1. The largest absolute Gasteiger partial charge is 0.444 e. The van der Waals surface area contributed by atoms with Crippen molar-refractivity contribution >= 4 is 34.6 Å². The zero-order valence-electron chi connectivity index (χ0n) is 18.0. The zero-order chi connectivity index (χ0) is 22.2. The molecule has 1 atom stereocenters. The van der Waals surface area contributed by atoms with Gasteiger partial charge in [-0.15, -0.1) is 0 Å². The number of H-pyrrole nitrogens is 1. The molecule has 0 spiro atoms. The molecule has 3 aromatic rings. The fourth-order valence-electron chi connectivity index (χ4n) is 3.74. The van der Waals surface area contributed by atoms with Crippen molar-refractivity contribution < 1.29 is 9.53 Å². The Kier molecular flexibility index (Phi) is 5.30. The number of carbonyl (C=O) groups is 1. The van der Waals surface area contributed by atoms with Crippen molar-refractivity contribution in [3.8, 4) is 11.3 Å². The van der Waals surface area contributed by atoms with Gasteiger partial charge in [-0.05, 0) is 45.7 Å². The number of fused-ring (bicyclic) bond motifs is 1. The quantitative estimate of drug-likeness (QED) is 0.501. The van der Waals surface area contributed by atoms with Gasteiger partial charge in [-0.1, -0.05) is 6.07 Å². The number of hydrogen-bond donors (Lipinski definition) is 4. The first-order chi connectivity index (χ1) is 14.7. The van der Waals surface area contributed by atoms with Gasteiger partial charge in [0.2, 0.25) is 5.95 Å².